The Kier molecular flexibility index (Phi) is 3.56. The minimum absolute atomic E-state index is 0.131. The zero-order chi connectivity index (χ0) is 14.1. The van der Waals surface area contributed by atoms with Crippen molar-refractivity contribution in [2.45, 2.75) is 18.1 Å². The second-order valence-corrected chi connectivity index (χ2v) is 5.80. The summed E-state index contributed by atoms with van der Waals surface area (Å²) in [6, 6.07) is 12.5. The van der Waals surface area contributed by atoms with Gasteiger partial charge in [-0.2, -0.15) is 17.2 Å². The van der Waals surface area contributed by atoms with Gasteiger partial charge in [-0.25, -0.2) is 0 Å². The molecule has 0 amide bonds. The molecule has 0 saturated carbocycles. The predicted molar refractivity (Wildman–Crippen MR) is 68.8 cm³/mol. The summed E-state index contributed by atoms with van der Waals surface area (Å²) in [6.45, 7) is 0. The Morgan fingerprint density at radius 2 is 1.68 bits per heavy atom. The first-order valence-electron chi connectivity index (χ1n) is 5.63. The molecule has 102 valence electrons. The van der Waals surface area contributed by atoms with Crippen LogP contribution in [-0.2, 0) is 16.5 Å². The Bertz CT molecular complexity index is 691. The fourth-order valence-electron chi connectivity index (χ4n) is 1.92. The van der Waals surface area contributed by atoms with Gasteiger partial charge in [0.2, 0.25) is 0 Å². The SMILES string of the molecule is O=S(=O)(O)C(F)(F)CCc1cccc2ccccc12. The Morgan fingerprint density at radius 1 is 1.05 bits per heavy atom. The molecule has 0 aliphatic rings. The molecule has 6 heteroatoms. The van der Waals surface area contributed by atoms with E-state index in [4.69, 9.17) is 4.55 Å². The Balaban J connectivity index is 2.28. The number of aryl methyl sites for hydroxylation is 1. The molecule has 2 aromatic rings. The largest absolute Gasteiger partial charge is 0.370 e. The van der Waals surface area contributed by atoms with Crippen molar-refractivity contribution in [1.29, 1.82) is 0 Å². The monoisotopic (exact) mass is 286 g/mol. The van der Waals surface area contributed by atoms with Crippen LogP contribution in [0.1, 0.15) is 12.0 Å². The van der Waals surface area contributed by atoms with Crippen LogP contribution in [0, 0.1) is 0 Å². The van der Waals surface area contributed by atoms with Crippen LogP contribution in [0.25, 0.3) is 10.8 Å². The second kappa shape index (κ2) is 4.86. The molecule has 0 aliphatic carbocycles. The highest BCUT2D eigenvalue weighted by Crippen LogP contribution is 2.28. The molecule has 0 aliphatic heterocycles. The standard InChI is InChI=1S/C13H12F2O3S/c14-13(15,19(16,17)18)9-8-11-6-3-5-10-4-1-2-7-12(10)11/h1-7H,8-9H2,(H,16,17,18). The van der Waals surface area contributed by atoms with Gasteiger partial charge in [0, 0.05) is 6.42 Å². The number of hydrogen-bond acceptors (Lipinski definition) is 2. The molecule has 0 radical (unpaired) electrons. The van der Waals surface area contributed by atoms with Gasteiger partial charge in [0.1, 0.15) is 0 Å². The molecule has 2 aromatic carbocycles. The highest BCUT2D eigenvalue weighted by atomic mass is 32.2. The van der Waals surface area contributed by atoms with Crippen LogP contribution in [0.5, 0.6) is 0 Å². The van der Waals surface area contributed by atoms with Crippen LogP contribution in [-0.4, -0.2) is 18.2 Å². The average molecular weight is 286 g/mol. The fraction of sp³-hybridized carbons (Fsp3) is 0.231. The van der Waals surface area contributed by atoms with Gasteiger partial charge in [0.05, 0.1) is 0 Å². The lowest BCUT2D eigenvalue weighted by atomic mass is 10.0. The van der Waals surface area contributed by atoms with Gasteiger partial charge in [0.25, 0.3) is 0 Å². The van der Waals surface area contributed by atoms with Crippen LogP contribution in [0.3, 0.4) is 0 Å². The van der Waals surface area contributed by atoms with Gasteiger partial charge >= 0.3 is 15.4 Å². The second-order valence-electron chi connectivity index (χ2n) is 4.25. The van der Waals surface area contributed by atoms with Crippen LogP contribution in [0.4, 0.5) is 8.78 Å². The van der Waals surface area contributed by atoms with E-state index >= 15 is 0 Å². The molecule has 1 N–H and O–H groups in total. The summed E-state index contributed by atoms with van der Waals surface area (Å²) >= 11 is 0. The maximum Gasteiger partial charge on any atom is 0.370 e. The molecule has 19 heavy (non-hydrogen) atoms. The summed E-state index contributed by atoms with van der Waals surface area (Å²) in [4.78, 5) is 0. The van der Waals surface area contributed by atoms with Gasteiger partial charge in [0.15, 0.2) is 0 Å². The van der Waals surface area contributed by atoms with E-state index in [1.807, 2.05) is 18.2 Å². The number of alkyl halides is 2. The Hall–Kier alpha value is -1.53. The normalized spacial score (nSPS) is 12.8. The molecule has 0 bridgehead atoms. The molecule has 0 unspecified atom stereocenters. The fourth-order valence-corrected chi connectivity index (χ4v) is 2.28. The zero-order valence-corrected chi connectivity index (χ0v) is 10.7. The van der Waals surface area contributed by atoms with Crippen molar-refractivity contribution >= 4 is 20.9 Å². The first-order chi connectivity index (χ1) is 8.81. The van der Waals surface area contributed by atoms with Crippen LogP contribution in [0.2, 0.25) is 0 Å². The first kappa shape index (κ1) is 13.9. The van der Waals surface area contributed by atoms with E-state index in [-0.39, 0.29) is 6.42 Å². The third kappa shape index (κ3) is 2.90. The minimum Gasteiger partial charge on any atom is -0.281 e. The predicted octanol–water partition coefficient (Wildman–Crippen LogP) is 3.25. The van der Waals surface area contributed by atoms with Gasteiger partial charge in [-0.05, 0) is 22.8 Å². The number of halogens is 2. The van der Waals surface area contributed by atoms with Crippen molar-refractivity contribution in [1.82, 2.24) is 0 Å². The van der Waals surface area contributed by atoms with E-state index in [9.17, 15) is 17.2 Å². The number of hydrogen-bond donors (Lipinski definition) is 1. The van der Waals surface area contributed by atoms with Crippen molar-refractivity contribution in [3.05, 3.63) is 48.0 Å². The van der Waals surface area contributed by atoms with Crippen LogP contribution in [0.15, 0.2) is 42.5 Å². The van der Waals surface area contributed by atoms with Crippen LogP contribution < -0.4 is 0 Å². The lowest BCUT2D eigenvalue weighted by Gasteiger charge is -2.13. The number of benzene rings is 2. The van der Waals surface area contributed by atoms with Crippen molar-refractivity contribution in [3.63, 3.8) is 0 Å². The molecule has 0 atom stereocenters. The molecular weight excluding hydrogens is 274 g/mol. The molecule has 0 fully saturated rings. The third-order valence-corrected chi connectivity index (χ3v) is 3.90. The summed E-state index contributed by atoms with van der Waals surface area (Å²) in [5, 5.41) is -2.42. The highest BCUT2D eigenvalue weighted by molar-refractivity contribution is 7.86. The summed E-state index contributed by atoms with van der Waals surface area (Å²) in [6.07, 6.45) is -1.08. The molecule has 0 saturated heterocycles. The van der Waals surface area contributed by atoms with Gasteiger partial charge in [-0.3, -0.25) is 4.55 Å². The zero-order valence-electron chi connectivity index (χ0n) is 9.88. The van der Waals surface area contributed by atoms with Crippen molar-refractivity contribution in [2.75, 3.05) is 0 Å². The Labute approximate surface area is 109 Å². The van der Waals surface area contributed by atoms with Crippen molar-refractivity contribution in [3.8, 4) is 0 Å². The molecule has 3 nitrogen and oxygen atoms in total. The Morgan fingerprint density at radius 3 is 2.37 bits per heavy atom. The summed E-state index contributed by atoms with van der Waals surface area (Å²) < 4.78 is 55.9. The average Bonchev–Trinajstić information content (AvgIpc) is 2.35. The summed E-state index contributed by atoms with van der Waals surface area (Å²) in [5.74, 6) is 0. The molecule has 2 rings (SSSR count). The van der Waals surface area contributed by atoms with E-state index in [0.717, 1.165) is 10.8 Å². The third-order valence-electron chi connectivity index (χ3n) is 2.94. The topological polar surface area (TPSA) is 54.4 Å². The minimum atomic E-state index is -5.36. The van der Waals surface area contributed by atoms with E-state index in [0.29, 0.717) is 5.56 Å². The van der Waals surface area contributed by atoms with Gasteiger partial charge in [-0.1, -0.05) is 42.5 Å². The lowest BCUT2D eigenvalue weighted by Crippen LogP contribution is -2.28. The maximum atomic E-state index is 13.2. The van der Waals surface area contributed by atoms with Crippen LogP contribution >= 0.6 is 0 Å². The van der Waals surface area contributed by atoms with E-state index < -0.39 is 21.8 Å². The van der Waals surface area contributed by atoms with Gasteiger partial charge < -0.3 is 0 Å². The smallest absolute Gasteiger partial charge is 0.281 e. The quantitative estimate of drug-likeness (QED) is 0.878. The molecule has 0 spiro atoms. The van der Waals surface area contributed by atoms with Gasteiger partial charge in [-0.15, -0.1) is 0 Å². The van der Waals surface area contributed by atoms with Crippen molar-refractivity contribution < 1.29 is 21.8 Å². The highest BCUT2D eigenvalue weighted by Gasteiger charge is 2.43. The number of rotatable bonds is 4. The summed E-state index contributed by atoms with van der Waals surface area (Å²) in [7, 11) is -5.36. The molecule has 0 heterocycles. The number of fused-ring (bicyclic) bond motifs is 1. The van der Waals surface area contributed by atoms with E-state index in [1.165, 1.54) is 0 Å². The summed E-state index contributed by atoms with van der Waals surface area (Å²) in [5.41, 5.74) is 0.626. The first-order valence-corrected chi connectivity index (χ1v) is 7.07. The van der Waals surface area contributed by atoms with Crippen molar-refractivity contribution in [2.24, 2.45) is 0 Å². The lowest BCUT2D eigenvalue weighted by molar-refractivity contribution is 0.0718. The molecule has 0 aromatic heterocycles. The van der Waals surface area contributed by atoms with E-state index in [1.54, 1.807) is 24.3 Å². The van der Waals surface area contributed by atoms with E-state index in [2.05, 4.69) is 0 Å². The molecular formula is C13H12F2O3S. The maximum absolute atomic E-state index is 13.2.